The van der Waals surface area contributed by atoms with Crippen molar-refractivity contribution >= 4 is 0 Å². The Balaban J connectivity index is 3.90. The van der Waals surface area contributed by atoms with Crippen molar-refractivity contribution in [1.82, 2.24) is 10.2 Å². The van der Waals surface area contributed by atoms with Gasteiger partial charge in [0.2, 0.25) is 0 Å². The molecule has 3 nitrogen and oxygen atoms in total. The van der Waals surface area contributed by atoms with Gasteiger partial charge in [0.05, 0.1) is 6.07 Å². The van der Waals surface area contributed by atoms with Gasteiger partial charge in [-0.05, 0) is 66.6 Å². The fourth-order valence-corrected chi connectivity index (χ4v) is 2.22. The summed E-state index contributed by atoms with van der Waals surface area (Å²) >= 11 is 0. The maximum atomic E-state index is 9.10. The average Bonchev–Trinajstić information content (AvgIpc) is 2.41. The molecular formula is C16H33N3. The minimum Gasteiger partial charge on any atom is -0.303 e. The summed E-state index contributed by atoms with van der Waals surface area (Å²) in [5.41, 5.74) is -0.356. The molecule has 1 N–H and O–H groups in total. The second kappa shape index (κ2) is 10.2. The lowest BCUT2D eigenvalue weighted by Gasteiger charge is -2.27. The summed E-state index contributed by atoms with van der Waals surface area (Å²) in [5.74, 6) is 0. The molecule has 1 unspecified atom stereocenters. The van der Waals surface area contributed by atoms with Crippen molar-refractivity contribution in [3.05, 3.63) is 0 Å². The van der Waals surface area contributed by atoms with Crippen molar-refractivity contribution in [1.29, 1.82) is 5.26 Å². The number of hydrogen-bond donors (Lipinski definition) is 1. The monoisotopic (exact) mass is 267 g/mol. The molecule has 0 heterocycles. The van der Waals surface area contributed by atoms with E-state index in [0.29, 0.717) is 6.04 Å². The van der Waals surface area contributed by atoms with Gasteiger partial charge in [-0.3, -0.25) is 0 Å². The summed E-state index contributed by atoms with van der Waals surface area (Å²) in [4.78, 5) is 2.57. The second-order valence-corrected chi connectivity index (χ2v) is 5.99. The Bertz CT molecular complexity index is 257. The Morgan fingerprint density at radius 1 is 1.16 bits per heavy atom. The Hall–Kier alpha value is -0.590. The minimum atomic E-state index is -0.356. The van der Waals surface area contributed by atoms with Crippen molar-refractivity contribution in [3.63, 3.8) is 0 Å². The predicted molar refractivity (Wildman–Crippen MR) is 83.2 cm³/mol. The summed E-state index contributed by atoms with van der Waals surface area (Å²) in [6.45, 7) is 11.2. The van der Waals surface area contributed by atoms with Crippen LogP contribution in [-0.2, 0) is 0 Å². The zero-order valence-electron chi connectivity index (χ0n) is 13.6. The molecule has 0 aromatic carbocycles. The van der Waals surface area contributed by atoms with Crippen LogP contribution in [-0.4, -0.2) is 36.6 Å². The SMILES string of the molecule is CCCCCN(CCCCC(C)(C#N)NC)C(C)C. The highest BCUT2D eigenvalue weighted by molar-refractivity contribution is 5.02. The van der Waals surface area contributed by atoms with E-state index >= 15 is 0 Å². The quantitative estimate of drug-likeness (QED) is 0.582. The lowest BCUT2D eigenvalue weighted by Crippen LogP contribution is -2.38. The number of rotatable bonds is 11. The standard InChI is InChI=1S/C16H33N3/c1-6-7-9-12-19(15(2)3)13-10-8-11-16(4,14-17)18-5/h15,18H,6-13H2,1-5H3. The fraction of sp³-hybridized carbons (Fsp3) is 0.938. The van der Waals surface area contributed by atoms with Gasteiger partial charge < -0.3 is 10.2 Å². The van der Waals surface area contributed by atoms with Crippen LogP contribution < -0.4 is 5.32 Å². The van der Waals surface area contributed by atoms with Gasteiger partial charge in [-0.15, -0.1) is 0 Å². The average molecular weight is 267 g/mol. The molecule has 0 saturated carbocycles. The first kappa shape index (κ1) is 18.4. The number of nitriles is 1. The molecule has 0 aliphatic carbocycles. The van der Waals surface area contributed by atoms with Crippen molar-refractivity contribution < 1.29 is 0 Å². The molecule has 0 bridgehead atoms. The molecular weight excluding hydrogens is 234 g/mol. The van der Waals surface area contributed by atoms with E-state index in [1.54, 1.807) is 0 Å². The summed E-state index contributed by atoms with van der Waals surface area (Å²) in [6, 6.07) is 2.98. The lowest BCUT2D eigenvalue weighted by atomic mass is 9.97. The van der Waals surface area contributed by atoms with Gasteiger partial charge in [-0.2, -0.15) is 5.26 Å². The number of nitrogens with one attached hydrogen (secondary N) is 1. The van der Waals surface area contributed by atoms with Crippen LogP contribution in [0, 0.1) is 11.3 Å². The summed E-state index contributed by atoms with van der Waals surface area (Å²) in [7, 11) is 1.87. The molecule has 0 aromatic rings. The Morgan fingerprint density at radius 2 is 1.74 bits per heavy atom. The summed E-state index contributed by atoms with van der Waals surface area (Å²) in [6.07, 6.45) is 7.15. The number of unbranched alkanes of at least 4 members (excludes halogenated alkanes) is 3. The summed E-state index contributed by atoms with van der Waals surface area (Å²) < 4.78 is 0. The minimum absolute atomic E-state index is 0.356. The number of hydrogen-bond acceptors (Lipinski definition) is 3. The highest BCUT2D eigenvalue weighted by atomic mass is 15.1. The van der Waals surface area contributed by atoms with E-state index in [9.17, 15) is 0 Å². The van der Waals surface area contributed by atoms with Crippen molar-refractivity contribution in [2.24, 2.45) is 0 Å². The van der Waals surface area contributed by atoms with Gasteiger partial charge in [0.25, 0.3) is 0 Å². The van der Waals surface area contributed by atoms with Crippen LogP contribution in [0.5, 0.6) is 0 Å². The zero-order chi connectivity index (χ0) is 14.7. The van der Waals surface area contributed by atoms with Crippen LogP contribution in [0.4, 0.5) is 0 Å². The molecule has 0 fully saturated rings. The molecule has 3 heteroatoms. The van der Waals surface area contributed by atoms with E-state index in [0.717, 1.165) is 19.4 Å². The van der Waals surface area contributed by atoms with E-state index in [1.165, 1.54) is 32.2 Å². The largest absolute Gasteiger partial charge is 0.303 e. The molecule has 0 spiro atoms. The highest BCUT2D eigenvalue weighted by Crippen LogP contribution is 2.13. The normalized spacial score (nSPS) is 14.6. The van der Waals surface area contributed by atoms with Crippen molar-refractivity contribution in [2.45, 2.75) is 77.8 Å². The van der Waals surface area contributed by atoms with Crippen LogP contribution in [0.15, 0.2) is 0 Å². The van der Waals surface area contributed by atoms with Gasteiger partial charge in [0, 0.05) is 6.04 Å². The van der Waals surface area contributed by atoms with Gasteiger partial charge >= 0.3 is 0 Å². The molecule has 112 valence electrons. The zero-order valence-corrected chi connectivity index (χ0v) is 13.6. The van der Waals surface area contributed by atoms with Gasteiger partial charge in [0.15, 0.2) is 0 Å². The maximum Gasteiger partial charge on any atom is 0.103 e. The molecule has 0 aliphatic heterocycles. The summed E-state index contributed by atoms with van der Waals surface area (Å²) in [5, 5.41) is 12.2. The van der Waals surface area contributed by atoms with Crippen LogP contribution >= 0.6 is 0 Å². The smallest absolute Gasteiger partial charge is 0.103 e. The van der Waals surface area contributed by atoms with Crippen LogP contribution in [0.1, 0.15) is 66.2 Å². The maximum absolute atomic E-state index is 9.10. The third kappa shape index (κ3) is 8.23. The molecule has 1 atom stereocenters. The van der Waals surface area contributed by atoms with E-state index in [-0.39, 0.29) is 5.54 Å². The van der Waals surface area contributed by atoms with Gasteiger partial charge in [0.1, 0.15) is 5.54 Å². The van der Waals surface area contributed by atoms with Gasteiger partial charge in [-0.1, -0.05) is 19.8 Å². The molecule has 0 aliphatic rings. The molecule has 0 amide bonds. The first-order valence-corrected chi connectivity index (χ1v) is 7.83. The Kier molecular flexibility index (Phi) is 9.91. The van der Waals surface area contributed by atoms with Crippen LogP contribution in [0.3, 0.4) is 0 Å². The lowest BCUT2D eigenvalue weighted by molar-refractivity contribution is 0.210. The fourth-order valence-electron chi connectivity index (χ4n) is 2.22. The predicted octanol–water partition coefficient (Wildman–Crippen LogP) is 3.56. The van der Waals surface area contributed by atoms with E-state index < -0.39 is 0 Å². The van der Waals surface area contributed by atoms with Crippen molar-refractivity contribution in [2.75, 3.05) is 20.1 Å². The van der Waals surface area contributed by atoms with E-state index in [2.05, 4.69) is 37.1 Å². The third-order valence-electron chi connectivity index (χ3n) is 3.95. The first-order chi connectivity index (χ1) is 8.99. The second-order valence-electron chi connectivity index (χ2n) is 5.99. The topological polar surface area (TPSA) is 39.1 Å². The van der Waals surface area contributed by atoms with Crippen LogP contribution in [0.2, 0.25) is 0 Å². The molecule has 0 rings (SSSR count). The number of nitrogens with zero attached hydrogens (tertiary/aromatic N) is 2. The van der Waals surface area contributed by atoms with Crippen LogP contribution in [0.25, 0.3) is 0 Å². The molecule has 0 radical (unpaired) electrons. The first-order valence-electron chi connectivity index (χ1n) is 7.83. The third-order valence-corrected chi connectivity index (χ3v) is 3.95. The molecule has 19 heavy (non-hydrogen) atoms. The van der Waals surface area contributed by atoms with Gasteiger partial charge in [-0.25, -0.2) is 0 Å². The van der Waals surface area contributed by atoms with E-state index in [1.807, 2.05) is 14.0 Å². The highest BCUT2D eigenvalue weighted by Gasteiger charge is 2.20. The molecule has 0 saturated heterocycles. The van der Waals surface area contributed by atoms with E-state index in [4.69, 9.17) is 5.26 Å². The molecule has 0 aromatic heterocycles. The Labute approximate surface area is 120 Å². The van der Waals surface area contributed by atoms with Crippen molar-refractivity contribution in [3.8, 4) is 6.07 Å². The Morgan fingerprint density at radius 3 is 2.16 bits per heavy atom.